The first-order valence-corrected chi connectivity index (χ1v) is 12.5. The van der Waals surface area contributed by atoms with Crippen molar-refractivity contribution in [2.75, 3.05) is 41.0 Å². The summed E-state index contributed by atoms with van der Waals surface area (Å²) in [5.41, 5.74) is 3.46. The summed E-state index contributed by atoms with van der Waals surface area (Å²) in [7, 11) is 4.79. The van der Waals surface area contributed by atoms with Gasteiger partial charge < -0.3 is 19.1 Å². The number of carbonyl (C=O) groups is 2. The van der Waals surface area contributed by atoms with Crippen molar-refractivity contribution in [3.63, 3.8) is 0 Å². The molecule has 0 unspecified atom stereocenters. The summed E-state index contributed by atoms with van der Waals surface area (Å²) in [6, 6.07) is 13.4. The molecule has 1 aliphatic heterocycles. The van der Waals surface area contributed by atoms with Crippen LogP contribution in [0, 0.1) is 12.3 Å². The number of hydrazone groups is 1. The Labute approximate surface area is 220 Å². The number of rotatable bonds is 10. The topological polar surface area (TPSA) is 80.7 Å². The Morgan fingerprint density at radius 1 is 1.05 bits per heavy atom. The van der Waals surface area contributed by atoms with Gasteiger partial charge in [0.1, 0.15) is 18.0 Å². The molecule has 1 aliphatic rings. The van der Waals surface area contributed by atoms with Crippen LogP contribution in [0.15, 0.2) is 47.6 Å². The van der Waals surface area contributed by atoms with Gasteiger partial charge >= 0.3 is 0 Å². The normalized spacial score (nSPS) is 15.4. The smallest absolute Gasteiger partial charge is 0.262 e. The van der Waals surface area contributed by atoms with E-state index in [4.69, 9.17) is 19.3 Å². The highest BCUT2D eigenvalue weighted by Crippen LogP contribution is 2.36. The van der Waals surface area contributed by atoms with E-state index in [0.717, 1.165) is 22.4 Å². The maximum Gasteiger partial charge on any atom is 0.262 e. The zero-order valence-electron chi connectivity index (χ0n) is 23.0. The number of aryl methyl sites for hydroxylation is 1. The molecule has 8 heteroatoms. The van der Waals surface area contributed by atoms with Gasteiger partial charge in [-0.05, 0) is 30.0 Å². The van der Waals surface area contributed by atoms with Crippen LogP contribution in [0.1, 0.15) is 56.3 Å². The maximum atomic E-state index is 13.7. The number of hydrogen-bond donors (Lipinski definition) is 0. The molecule has 0 fully saturated rings. The molecule has 0 spiro atoms. The molecule has 2 aromatic rings. The highest BCUT2D eigenvalue weighted by Gasteiger charge is 2.35. The van der Waals surface area contributed by atoms with E-state index in [1.54, 1.807) is 32.3 Å². The van der Waals surface area contributed by atoms with E-state index in [9.17, 15) is 9.59 Å². The van der Waals surface area contributed by atoms with Gasteiger partial charge in [-0.25, -0.2) is 5.01 Å². The van der Waals surface area contributed by atoms with Crippen molar-refractivity contribution in [2.24, 2.45) is 10.5 Å². The Balaban J connectivity index is 1.95. The van der Waals surface area contributed by atoms with Gasteiger partial charge in [-0.1, -0.05) is 50.6 Å². The number of benzene rings is 2. The largest absolute Gasteiger partial charge is 0.497 e. The average Bonchev–Trinajstić information content (AvgIpc) is 3.30. The second-order valence-corrected chi connectivity index (χ2v) is 10.5. The molecule has 0 saturated carbocycles. The first-order chi connectivity index (χ1) is 17.6. The highest BCUT2D eigenvalue weighted by atomic mass is 16.5. The van der Waals surface area contributed by atoms with Gasteiger partial charge in [0.05, 0.1) is 32.6 Å². The van der Waals surface area contributed by atoms with Gasteiger partial charge in [0.15, 0.2) is 0 Å². The van der Waals surface area contributed by atoms with Crippen molar-refractivity contribution >= 4 is 17.5 Å². The van der Waals surface area contributed by atoms with Gasteiger partial charge in [0.2, 0.25) is 5.91 Å². The number of methoxy groups -OCH3 is 3. The molecular weight excluding hydrogens is 470 g/mol. The van der Waals surface area contributed by atoms with Crippen LogP contribution in [0.4, 0.5) is 0 Å². The molecule has 0 radical (unpaired) electrons. The van der Waals surface area contributed by atoms with Gasteiger partial charge in [-0.3, -0.25) is 9.59 Å². The summed E-state index contributed by atoms with van der Waals surface area (Å²) in [6.45, 7) is 8.66. The molecule has 0 aliphatic carbocycles. The predicted molar refractivity (Wildman–Crippen MR) is 144 cm³/mol. The van der Waals surface area contributed by atoms with E-state index < -0.39 is 0 Å². The molecular formula is C29H39N3O5. The monoisotopic (exact) mass is 509 g/mol. The first-order valence-electron chi connectivity index (χ1n) is 12.5. The van der Waals surface area contributed by atoms with Crippen LogP contribution in [-0.2, 0) is 14.3 Å². The lowest BCUT2D eigenvalue weighted by atomic mass is 9.91. The molecule has 0 bridgehead atoms. The van der Waals surface area contributed by atoms with E-state index in [2.05, 4.69) is 0 Å². The molecule has 8 nitrogen and oxygen atoms in total. The molecule has 2 aromatic carbocycles. The third-order valence-corrected chi connectivity index (χ3v) is 6.27. The van der Waals surface area contributed by atoms with Crippen molar-refractivity contribution in [2.45, 2.75) is 46.6 Å². The summed E-state index contributed by atoms with van der Waals surface area (Å²) in [5.74, 6) is 0.974. The Kier molecular flexibility index (Phi) is 9.32. The fraction of sp³-hybridized carbons (Fsp3) is 0.483. The zero-order valence-corrected chi connectivity index (χ0v) is 23.0. The summed E-state index contributed by atoms with van der Waals surface area (Å²) in [4.78, 5) is 28.3. The van der Waals surface area contributed by atoms with Gasteiger partial charge in [-0.2, -0.15) is 5.10 Å². The van der Waals surface area contributed by atoms with Crippen LogP contribution in [0.25, 0.3) is 0 Å². The summed E-state index contributed by atoms with van der Waals surface area (Å²) in [6.07, 6.45) is 0.856. The summed E-state index contributed by atoms with van der Waals surface area (Å²) >= 11 is 0. The molecule has 0 saturated heterocycles. The van der Waals surface area contributed by atoms with E-state index in [1.165, 1.54) is 5.01 Å². The van der Waals surface area contributed by atoms with E-state index in [0.29, 0.717) is 37.5 Å². The molecule has 200 valence electrons. The fourth-order valence-electron chi connectivity index (χ4n) is 4.28. The standard InChI is InChI=1S/C29H39N3O5/c1-20-8-10-21(11-9-20)25-17-24(23-13-12-22(36-6)16-26(23)37-7)30-32(25)28(34)19-31(14-15-35-5)27(33)18-29(2,3)4/h8-13,16,25H,14-15,17-19H2,1-7H3/t25-/m0/s1. The summed E-state index contributed by atoms with van der Waals surface area (Å²) < 4.78 is 16.2. The molecule has 2 amide bonds. The highest BCUT2D eigenvalue weighted by molar-refractivity contribution is 6.05. The number of ether oxygens (including phenoxy) is 3. The molecule has 3 rings (SSSR count). The third-order valence-electron chi connectivity index (χ3n) is 6.27. The van der Waals surface area contributed by atoms with Crippen molar-refractivity contribution in [1.29, 1.82) is 0 Å². The second-order valence-electron chi connectivity index (χ2n) is 10.5. The number of amides is 2. The van der Waals surface area contributed by atoms with E-state index in [-0.39, 0.29) is 29.8 Å². The first kappa shape index (κ1) is 28.2. The average molecular weight is 510 g/mol. The Morgan fingerprint density at radius 2 is 1.76 bits per heavy atom. The molecule has 0 N–H and O–H groups in total. The number of nitrogens with zero attached hydrogens (tertiary/aromatic N) is 3. The van der Waals surface area contributed by atoms with Gasteiger partial charge in [0.25, 0.3) is 5.91 Å². The Morgan fingerprint density at radius 3 is 2.35 bits per heavy atom. The SMILES string of the molecule is COCCN(CC(=O)N1N=C(c2ccc(OC)cc2OC)C[C@H]1c1ccc(C)cc1)C(=O)CC(C)(C)C. The fourth-order valence-corrected chi connectivity index (χ4v) is 4.28. The zero-order chi connectivity index (χ0) is 27.2. The van der Waals surface area contributed by atoms with Crippen LogP contribution in [0.3, 0.4) is 0 Å². The van der Waals surface area contributed by atoms with Crippen LogP contribution in [0.2, 0.25) is 0 Å². The maximum absolute atomic E-state index is 13.7. The molecule has 1 heterocycles. The van der Waals surface area contributed by atoms with Crippen molar-refractivity contribution in [3.8, 4) is 11.5 Å². The third kappa shape index (κ3) is 7.32. The lowest BCUT2D eigenvalue weighted by molar-refractivity contribution is -0.143. The molecule has 0 aromatic heterocycles. The van der Waals surface area contributed by atoms with Crippen molar-refractivity contribution < 1.29 is 23.8 Å². The minimum absolute atomic E-state index is 0.0723. The lowest BCUT2D eigenvalue weighted by Gasteiger charge is -2.29. The van der Waals surface area contributed by atoms with Gasteiger partial charge in [0, 0.05) is 38.1 Å². The number of hydrogen-bond acceptors (Lipinski definition) is 6. The predicted octanol–water partition coefficient (Wildman–Crippen LogP) is 4.60. The van der Waals surface area contributed by atoms with Crippen molar-refractivity contribution in [1.82, 2.24) is 9.91 Å². The van der Waals surface area contributed by atoms with E-state index >= 15 is 0 Å². The second kappa shape index (κ2) is 12.2. The van der Waals surface area contributed by atoms with Gasteiger partial charge in [-0.15, -0.1) is 0 Å². The molecule has 37 heavy (non-hydrogen) atoms. The quantitative estimate of drug-likeness (QED) is 0.468. The van der Waals surface area contributed by atoms with E-state index in [1.807, 2.05) is 64.1 Å². The van der Waals surface area contributed by atoms with Crippen LogP contribution in [0.5, 0.6) is 11.5 Å². The minimum Gasteiger partial charge on any atom is -0.497 e. The molecule has 1 atom stereocenters. The Hall–Kier alpha value is -3.39. The Bertz CT molecular complexity index is 1120. The number of carbonyl (C=O) groups excluding carboxylic acids is 2. The summed E-state index contributed by atoms with van der Waals surface area (Å²) in [5, 5.41) is 6.30. The van der Waals surface area contributed by atoms with Crippen LogP contribution in [-0.4, -0.2) is 68.5 Å². The minimum atomic E-state index is -0.295. The lowest BCUT2D eigenvalue weighted by Crippen LogP contribution is -2.43. The van der Waals surface area contributed by atoms with Crippen LogP contribution >= 0.6 is 0 Å². The van der Waals surface area contributed by atoms with Crippen LogP contribution < -0.4 is 9.47 Å². The van der Waals surface area contributed by atoms with Crippen molar-refractivity contribution in [3.05, 3.63) is 59.2 Å².